The van der Waals surface area contributed by atoms with Gasteiger partial charge in [-0.1, -0.05) is 22.0 Å². The van der Waals surface area contributed by atoms with Crippen LogP contribution in [0.15, 0.2) is 18.2 Å². The molecule has 1 aromatic rings. The molecule has 0 fully saturated rings. The lowest BCUT2D eigenvalue weighted by atomic mass is 10.1. The second-order valence-corrected chi connectivity index (χ2v) is 4.36. The summed E-state index contributed by atoms with van der Waals surface area (Å²) in [7, 11) is 1.73. The van der Waals surface area contributed by atoms with Crippen LogP contribution in [0, 0.1) is 0 Å². The Labute approximate surface area is 96.1 Å². The van der Waals surface area contributed by atoms with E-state index in [-0.39, 0.29) is 17.5 Å². The number of hydrogen-bond acceptors (Lipinski definition) is 3. The fraction of sp³-hybridized carbons (Fsp3) is 0.300. The van der Waals surface area contributed by atoms with Gasteiger partial charge in [-0.3, -0.25) is 4.79 Å². The Morgan fingerprint density at radius 3 is 3.00 bits per heavy atom. The summed E-state index contributed by atoms with van der Waals surface area (Å²) >= 11 is 3.28. The minimum Gasteiger partial charge on any atom is -0.482 e. The van der Waals surface area contributed by atoms with Gasteiger partial charge in [0.25, 0.3) is 5.91 Å². The van der Waals surface area contributed by atoms with Crippen molar-refractivity contribution in [3.8, 4) is 5.75 Å². The van der Waals surface area contributed by atoms with Gasteiger partial charge in [0.15, 0.2) is 6.61 Å². The maximum Gasteiger partial charge on any atom is 0.264 e. The van der Waals surface area contributed by atoms with E-state index < -0.39 is 0 Å². The normalized spacial score (nSPS) is 17.0. The summed E-state index contributed by atoms with van der Waals surface area (Å²) in [6.45, 7) is 0.100. The minimum absolute atomic E-state index is 0.0530. The molecule has 1 heterocycles. The Hall–Kier alpha value is -1.07. The van der Waals surface area contributed by atoms with Gasteiger partial charge in [-0.05, 0) is 17.7 Å². The molecule has 1 amide bonds. The van der Waals surface area contributed by atoms with E-state index in [4.69, 9.17) is 10.5 Å². The average molecular weight is 271 g/mol. The van der Waals surface area contributed by atoms with Gasteiger partial charge in [-0.2, -0.15) is 0 Å². The van der Waals surface area contributed by atoms with Gasteiger partial charge in [-0.15, -0.1) is 0 Å². The van der Waals surface area contributed by atoms with E-state index >= 15 is 0 Å². The Kier molecular flexibility index (Phi) is 2.67. The van der Waals surface area contributed by atoms with Crippen LogP contribution < -0.4 is 15.4 Å². The van der Waals surface area contributed by atoms with E-state index in [0.29, 0.717) is 5.75 Å². The van der Waals surface area contributed by atoms with E-state index in [1.165, 1.54) is 0 Å². The Morgan fingerprint density at radius 2 is 2.33 bits per heavy atom. The standard InChI is InChI=1S/C10H11BrN2O2/c1-13-7-4-6(10(11)12)2-3-8(7)15-5-9(13)14/h2-4,10H,5,12H2,1H3. The van der Waals surface area contributed by atoms with Crippen molar-refractivity contribution in [2.45, 2.75) is 4.95 Å². The molecule has 1 aliphatic heterocycles. The molecule has 15 heavy (non-hydrogen) atoms. The third-order valence-corrected chi connectivity index (χ3v) is 2.92. The molecule has 5 heteroatoms. The van der Waals surface area contributed by atoms with E-state index in [1.807, 2.05) is 18.2 Å². The van der Waals surface area contributed by atoms with Crippen LogP contribution in [0.4, 0.5) is 5.69 Å². The van der Waals surface area contributed by atoms with Crippen LogP contribution in [0.3, 0.4) is 0 Å². The molecule has 80 valence electrons. The topological polar surface area (TPSA) is 55.6 Å². The zero-order valence-corrected chi connectivity index (χ0v) is 9.82. The first-order valence-corrected chi connectivity index (χ1v) is 5.44. The molecule has 1 unspecified atom stereocenters. The molecule has 0 spiro atoms. The van der Waals surface area contributed by atoms with Crippen LogP contribution in [0.2, 0.25) is 0 Å². The number of nitrogens with two attached hydrogens (primary N) is 1. The molecular weight excluding hydrogens is 260 g/mol. The molecule has 0 saturated carbocycles. The van der Waals surface area contributed by atoms with Crippen molar-refractivity contribution in [1.29, 1.82) is 0 Å². The lowest BCUT2D eigenvalue weighted by Gasteiger charge is -2.26. The first-order chi connectivity index (χ1) is 7.09. The Balaban J connectivity index is 2.45. The highest BCUT2D eigenvalue weighted by Crippen LogP contribution is 2.34. The highest BCUT2D eigenvalue weighted by atomic mass is 79.9. The molecule has 2 N–H and O–H groups in total. The second-order valence-electron chi connectivity index (χ2n) is 3.37. The molecular formula is C10H11BrN2O2. The summed E-state index contributed by atoms with van der Waals surface area (Å²) in [6, 6.07) is 5.56. The molecule has 2 rings (SSSR count). The number of rotatable bonds is 1. The Bertz CT molecular complexity index is 406. The lowest BCUT2D eigenvalue weighted by Crippen LogP contribution is -2.35. The van der Waals surface area contributed by atoms with E-state index in [1.54, 1.807) is 11.9 Å². The monoisotopic (exact) mass is 270 g/mol. The number of hydrogen-bond donors (Lipinski definition) is 1. The third-order valence-electron chi connectivity index (χ3n) is 2.39. The predicted octanol–water partition coefficient (Wildman–Crippen LogP) is 1.39. The number of carbonyl (C=O) groups is 1. The van der Waals surface area contributed by atoms with Gasteiger partial charge in [-0.25, -0.2) is 0 Å². The molecule has 4 nitrogen and oxygen atoms in total. The zero-order valence-electron chi connectivity index (χ0n) is 8.24. The highest BCUT2D eigenvalue weighted by molar-refractivity contribution is 9.09. The number of nitrogens with zero attached hydrogens (tertiary/aromatic N) is 1. The van der Waals surface area contributed by atoms with Crippen LogP contribution >= 0.6 is 15.9 Å². The number of ether oxygens (including phenoxy) is 1. The molecule has 0 aliphatic carbocycles. The summed E-state index contributed by atoms with van der Waals surface area (Å²) in [5, 5.41) is 0. The first-order valence-electron chi connectivity index (χ1n) is 4.52. The fourth-order valence-corrected chi connectivity index (χ4v) is 1.75. The van der Waals surface area contributed by atoms with Gasteiger partial charge in [0.05, 0.1) is 10.6 Å². The Morgan fingerprint density at radius 1 is 1.60 bits per heavy atom. The number of amides is 1. The summed E-state index contributed by atoms with van der Waals surface area (Å²) in [6.07, 6.45) is 0. The molecule has 0 bridgehead atoms. The maximum atomic E-state index is 11.4. The molecule has 1 atom stereocenters. The minimum atomic E-state index is -0.228. The van der Waals surface area contributed by atoms with Crippen molar-refractivity contribution in [3.05, 3.63) is 23.8 Å². The van der Waals surface area contributed by atoms with Gasteiger partial charge >= 0.3 is 0 Å². The highest BCUT2D eigenvalue weighted by Gasteiger charge is 2.22. The van der Waals surface area contributed by atoms with Crippen molar-refractivity contribution < 1.29 is 9.53 Å². The number of fused-ring (bicyclic) bond motifs is 1. The molecule has 0 radical (unpaired) electrons. The second kappa shape index (κ2) is 3.83. The zero-order chi connectivity index (χ0) is 11.0. The van der Waals surface area contributed by atoms with Crippen molar-refractivity contribution in [3.63, 3.8) is 0 Å². The van der Waals surface area contributed by atoms with Crippen molar-refractivity contribution in [1.82, 2.24) is 0 Å². The van der Waals surface area contributed by atoms with Crippen molar-refractivity contribution >= 4 is 27.5 Å². The summed E-state index contributed by atoms with van der Waals surface area (Å²) < 4.78 is 5.29. The third kappa shape index (κ3) is 1.85. The van der Waals surface area contributed by atoms with Gasteiger partial charge in [0, 0.05) is 7.05 Å². The summed E-state index contributed by atoms with van der Waals surface area (Å²) in [5.41, 5.74) is 7.38. The lowest BCUT2D eigenvalue weighted by molar-refractivity contribution is -0.120. The van der Waals surface area contributed by atoms with Crippen molar-refractivity contribution in [2.75, 3.05) is 18.6 Å². The summed E-state index contributed by atoms with van der Waals surface area (Å²) in [4.78, 5) is 12.7. The SMILES string of the molecule is CN1C(=O)COc2ccc(C(N)Br)cc21. The fourth-order valence-electron chi connectivity index (χ4n) is 1.46. The number of benzene rings is 1. The average Bonchev–Trinajstić information content (AvgIpc) is 2.23. The van der Waals surface area contributed by atoms with E-state index in [2.05, 4.69) is 15.9 Å². The number of alkyl halides is 1. The van der Waals surface area contributed by atoms with Crippen molar-refractivity contribution in [2.24, 2.45) is 5.73 Å². The molecule has 0 saturated heterocycles. The maximum absolute atomic E-state index is 11.4. The number of anilines is 1. The number of carbonyl (C=O) groups excluding carboxylic acids is 1. The molecule has 1 aliphatic rings. The van der Waals surface area contributed by atoms with Crippen LogP contribution in [0.1, 0.15) is 10.5 Å². The van der Waals surface area contributed by atoms with E-state index in [0.717, 1.165) is 11.3 Å². The van der Waals surface area contributed by atoms with Gasteiger partial charge < -0.3 is 15.4 Å². The molecule has 0 aromatic heterocycles. The largest absolute Gasteiger partial charge is 0.482 e. The van der Waals surface area contributed by atoms with E-state index in [9.17, 15) is 4.79 Å². The quantitative estimate of drug-likeness (QED) is 0.620. The molecule has 1 aromatic carbocycles. The van der Waals surface area contributed by atoms with Gasteiger partial charge in [0.1, 0.15) is 5.75 Å². The van der Waals surface area contributed by atoms with Crippen LogP contribution in [-0.2, 0) is 4.79 Å². The van der Waals surface area contributed by atoms with Crippen LogP contribution in [0.5, 0.6) is 5.75 Å². The predicted molar refractivity (Wildman–Crippen MR) is 61.2 cm³/mol. The van der Waals surface area contributed by atoms with Crippen LogP contribution in [-0.4, -0.2) is 19.6 Å². The smallest absolute Gasteiger partial charge is 0.264 e. The van der Waals surface area contributed by atoms with Gasteiger partial charge in [0.2, 0.25) is 0 Å². The number of halogens is 1. The van der Waals surface area contributed by atoms with Crippen LogP contribution in [0.25, 0.3) is 0 Å². The summed E-state index contributed by atoms with van der Waals surface area (Å²) in [5.74, 6) is 0.664. The first kappa shape index (κ1) is 10.4. The number of likely N-dealkylation sites (N-methyl/N-ethyl adjacent to an activating group) is 1.